The lowest BCUT2D eigenvalue weighted by atomic mass is 9.95. The first kappa shape index (κ1) is 24.4. The summed E-state index contributed by atoms with van der Waals surface area (Å²) in [6.07, 6.45) is 1.75. The van der Waals surface area contributed by atoms with Crippen LogP contribution >= 0.6 is 11.6 Å². The molecule has 1 aromatic heterocycles. The van der Waals surface area contributed by atoms with Crippen LogP contribution in [0.3, 0.4) is 0 Å². The highest BCUT2D eigenvalue weighted by molar-refractivity contribution is 6.30. The van der Waals surface area contributed by atoms with Gasteiger partial charge in [-0.25, -0.2) is 0 Å². The minimum atomic E-state index is -0.778. The molecule has 0 aliphatic carbocycles. The number of benzene rings is 3. The first-order chi connectivity index (χ1) is 16.9. The van der Waals surface area contributed by atoms with E-state index in [1.807, 2.05) is 43.3 Å². The van der Waals surface area contributed by atoms with Gasteiger partial charge in [0, 0.05) is 63.3 Å². The number of methoxy groups -OCH3 is 2. The number of aromatic nitrogens is 1. The average molecular weight is 494 g/mol. The van der Waals surface area contributed by atoms with Crippen molar-refractivity contribution in [3.63, 3.8) is 0 Å². The number of para-hydroxylation sites is 1. The van der Waals surface area contributed by atoms with Crippen molar-refractivity contribution in [2.24, 2.45) is 0 Å². The minimum absolute atomic E-state index is 0.0109. The van der Waals surface area contributed by atoms with Gasteiger partial charge in [-0.1, -0.05) is 35.9 Å². The summed E-state index contributed by atoms with van der Waals surface area (Å²) in [7, 11) is 3.13. The summed E-state index contributed by atoms with van der Waals surface area (Å²) >= 11 is 6.21. The average Bonchev–Trinajstić information content (AvgIpc) is 3.31. The zero-order valence-corrected chi connectivity index (χ0v) is 20.6. The third-order valence-corrected chi connectivity index (χ3v) is 6.09. The molecule has 8 heteroatoms. The second kappa shape index (κ2) is 10.7. The lowest BCUT2D eigenvalue weighted by Gasteiger charge is -2.22. The van der Waals surface area contributed by atoms with E-state index in [9.17, 15) is 9.90 Å². The lowest BCUT2D eigenvalue weighted by molar-refractivity contribution is 0.0970. The van der Waals surface area contributed by atoms with Crippen LogP contribution in [0.1, 0.15) is 27.5 Å². The minimum Gasteiger partial charge on any atom is -0.497 e. The molecule has 0 aliphatic rings. The molecule has 182 valence electrons. The highest BCUT2D eigenvalue weighted by atomic mass is 35.5. The number of halogens is 1. The number of ketones is 1. The van der Waals surface area contributed by atoms with Gasteiger partial charge in [0.15, 0.2) is 5.78 Å². The Morgan fingerprint density at radius 2 is 1.89 bits per heavy atom. The van der Waals surface area contributed by atoms with Crippen molar-refractivity contribution in [2.75, 3.05) is 38.0 Å². The molecule has 0 fully saturated rings. The largest absolute Gasteiger partial charge is 0.497 e. The second-order valence-corrected chi connectivity index (χ2v) is 8.56. The van der Waals surface area contributed by atoms with Gasteiger partial charge >= 0.3 is 0 Å². The molecule has 4 rings (SSSR count). The van der Waals surface area contributed by atoms with E-state index in [-0.39, 0.29) is 12.4 Å². The van der Waals surface area contributed by atoms with Gasteiger partial charge in [-0.2, -0.15) is 0 Å². The number of anilines is 2. The van der Waals surface area contributed by atoms with E-state index >= 15 is 0 Å². The maximum atomic E-state index is 14.0. The maximum absolute atomic E-state index is 14.0. The molecule has 3 aromatic carbocycles. The molecule has 0 aliphatic heterocycles. The first-order valence-electron chi connectivity index (χ1n) is 11.2. The Hall–Kier alpha value is -3.68. The second-order valence-electron chi connectivity index (χ2n) is 8.13. The molecule has 1 atom stereocenters. The number of Topliss-reactive ketones (excluding diaryl/α,β-unsaturated/α-hetero) is 1. The molecule has 0 saturated carbocycles. The number of H-pyrrole nitrogens is 1. The number of hydrogen-bond acceptors (Lipinski definition) is 6. The Morgan fingerprint density at radius 1 is 1.09 bits per heavy atom. The zero-order chi connectivity index (χ0) is 24.9. The third kappa shape index (κ3) is 5.21. The summed E-state index contributed by atoms with van der Waals surface area (Å²) in [5, 5.41) is 17.1. The van der Waals surface area contributed by atoms with Crippen molar-refractivity contribution in [3.8, 4) is 11.5 Å². The van der Waals surface area contributed by atoms with Gasteiger partial charge in [-0.3, -0.25) is 4.79 Å². The monoisotopic (exact) mass is 493 g/mol. The molecule has 4 aromatic rings. The van der Waals surface area contributed by atoms with Crippen molar-refractivity contribution in [1.29, 1.82) is 0 Å². The number of ether oxygens (including phenoxy) is 2. The van der Waals surface area contributed by atoms with Crippen LogP contribution in [-0.4, -0.2) is 43.2 Å². The molecule has 0 spiro atoms. The summed E-state index contributed by atoms with van der Waals surface area (Å²) in [6.45, 7) is 2.37. The fourth-order valence-corrected chi connectivity index (χ4v) is 4.30. The van der Waals surface area contributed by atoms with Crippen LogP contribution in [0.2, 0.25) is 5.02 Å². The van der Waals surface area contributed by atoms with Gasteiger partial charge in [0.1, 0.15) is 17.5 Å². The highest BCUT2D eigenvalue weighted by Gasteiger charge is 2.28. The van der Waals surface area contributed by atoms with Crippen molar-refractivity contribution in [2.45, 2.75) is 13.0 Å². The van der Waals surface area contributed by atoms with Gasteiger partial charge < -0.3 is 30.2 Å². The van der Waals surface area contributed by atoms with Crippen LogP contribution in [0.25, 0.3) is 10.9 Å². The van der Waals surface area contributed by atoms with Crippen LogP contribution in [0.4, 0.5) is 11.4 Å². The van der Waals surface area contributed by atoms with Crippen LogP contribution in [0.5, 0.6) is 11.5 Å². The number of rotatable bonds is 10. The highest BCUT2D eigenvalue weighted by Crippen LogP contribution is 2.36. The normalized spacial score (nSPS) is 11.8. The number of fused-ring (bicyclic) bond motifs is 1. The van der Waals surface area contributed by atoms with E-state index < -0.39 is 6.04 Å². The smallest absolute Gasteiger partial charge is 0.191 e. The molecule has 0 amide bonds. The van der Waals surface area contributed by atoms with Gasteiger partial charge in [0.05, 0.1) is 20.8 Å². The van der Waals surface area contributed by atoms with Crippen LogP contribution in [-0.2, 0) is 0 Å². The number of nitrogens with one attached hydrogen (secondary N) is 3. The fourth-order valence-electron chi connectivity index (χ4n) is 4.14. The van der Waals surface area contributed by atoms with Crippen molar-refractivity contribution in [3.05, 3.63) is 82.5 Å². The first-order valence-corrected chi connectivity index (χ1v) is 11.6. The van der Waals surface area contributed by atoms with Crippen LogP contribution < -0.4 is 20.1 Å². The van der Waals surface area contributed by atoms with E-state index in [0.717, 1.165) is 22.2 Å². The molecule has 1 heterocycles. The van der Waals surface area contributed by atoms with Crippen molar-refractivity contribution in [1.82, 2.24) is 4.98 Å². The number of hydrogen-bond donors (Lipinski definition) is 4. The number of carbonyl (C=O) groups excluding carboxylic acids is 1. The molecule has 0 bridgehead atoms. The standard InChI is InChI=1S/C27H28ClN3O4/c1-16-5-4-6-21-23(15-30-25(16)21)27(33)26(22-8-7-17(28)11-24(22)35-3)31-19-12-18(29-9-10-32)13-20(14-19)34-2/h4-8,11-15,26,29-32H,9-10H2,1-3H3. The number of aliphatic hydroxyl groups is 1. The SMILES string of the molecule is COc1cc(NCCO)cc(NC(C(=O)c2c[nH]c3c(C)cccc23)c2ccc(Cl)cc2OC)c1. The lowest BCUT2D eigenvalue weighted by Crippen LogP contribution is -2.22. The van der Waals surface area contributed by atoms with E-state index in [2.05, 4.69) is 15.6 Å². The molecule has 0 radical (unpaired) electrons. The Bertz CT molecular complexity index is 1350. The molecule has 7 nitrogen and oxygen atoms in total. The van der Waals surface area contributed by atoms with E-state index in [0.29, 0.717) is 39.9 Å². The van der Waals surface area contributed by atoms with Gasteiger partial charge in [-0.05, 0) is 30.7 Å². The summed E-state index contributed by atoms with van der Waals surface area (Å²) < 4.78 is 11.0. The molecule has 35 heavy (non-hydrogen) atoms. The van der Waals surface area contributed by atoms with E-state index in [4.69, 9.17) is 21.1 Å². The number of aliphatic hydroxyl groups excluding tert-OH is 1. The van der Waals surface area contributed by atoms with Crippen molar-refractivity contribution < 1.29 is 19.4 Å². The summed E-state index contributed by atoms with van der Waals surface area (Å²) in [5.74, 6) is 0.975. The predicted octanol–water partition coefficient (Wildman–Crippen LogP) is 5.59. The molecule has 1 unspecified atom stereocenters. The third-order valence-electron chi connectivity index (χ3n) is 5.85. The summed E-state index contributed by atoms with van der Waals surface area (Å²) in [6, 6.07) is 15.8. The quantitative estimate of drug-likeness (QED) is 0.215. The molecular weight excluding hydrogens is 466 g/mol. The van der Waals surface area contributed by atoms with Gasteiger partial charge in [-0.15, -0.1) is 0 Å². The fraction of sp³-hybridized carbons (Fsp3) is 0.222. The summed E-state index contributed by atoms with van der Waals surface area (Å²) in [5.41, 5.74) is 4.61. The topological polar surface area (TPSA) is 95.6 Å². The summed E-state index contributed by atoms with van der Waals surface area (Å²) in [4.78, 5) is 17.3. The van der Waals surface area contributed by atoms with Crippen LogP contribution in [0.15, 0.2) is 60.8 Å². The molecule has 4 N–H and O–H groups in total. The molecular formula is C27H28ClN3O4. The zero-order valence-electron chi connectivity index (χ0n) is 19.8. The Balaban J connectivity index is 1.81. The van der Waals surface area contributed by atoms with E-state index in [1.54, 1.807) is 38.6 Å². The maximum Gasteiger partial charge on any atom is 0.191 e. The van der Waals surface area contributed by atoms with Crippen molar-refractivity contribution >= 4 is 39.7 Å². The Labute approximate surface area is 209 Å². The number of aryl methyl sites for hydroxylation is 1. The van der Waals surface area contributed by atoms with Gasteiger partial charge in [0.25, 0.3) is 0 Å². The predicted molar refractivity (Wildman–Crippen MR) is 140 cm³/mol. The number of carbonyl (C=O) groups is 1. The van der Waals surface area contributed by atoms with Crippen LogP contribution in [0, 0.1) is 6.92 Å². The number of aromatic amines is 1. The van der Waals surface area contributed by atoms with E-state index in [1.165, 1.54) is 0 Å². The van der Waals surface area contributed by atoms with Gasteiger partial charge in [0.2, 0.25) is 0 Å². The Morgan fingerprint density at radius 3 is 2.63 bits per heavy atom. The Kier molecular flexibility index (Phi) is 7.48. The molecule has 0 saturated heterocycles.